The van der Waals surface area contributed by atoms with Crippen molar-refractivity contribution in [1.29, 1.82) is 0 Å². The standard InChI is InChI=1S/C24H31ClN2O4/c1-5-17(3)26-24(29)22(6-2)27(15-18-8-7-9-21(14-18)30-4)23(28)16-31-20-12-10-19(25)11-13-20/h7-14,17,22H,5-6,15-16H2,1-4H3,(H,26,29)/t17-,22+/m1/s1. The molecule has 168 valence electrons. The monoisotopic (exact) mass is 446 g/mol. The quantitative estimate of drug-likeness (QED) is 0.553. The van der Waals surface area contributed by atoms with Crippen molar-refractivity contribution in [2.45, 2.75) is 52.2 Å². The van der Waals surface area contributed by atoms with E-state index < -0.39 is 6.04 Å². The molecule has 0 bridgehead atoms. The zero-order valence-electron chi connectivity index (χ0n) is 18.6. The summed E-state index contributed by atoms with van der Waals surface area (Å²) >= 11 is 5.90. The highest BCUT2D eigenvalue weighted by Gasteiger charge is 2.29. The van der Waals surface area contributed by atoms with Gasteiger partial charge in [-0.05, 0) is 61.7 Å². The third kappa shape index (κ3) is 7.47. The Labute approximate surface area is 189 Å². The Morgan fingerprint density at radius 2 is 1.77 bits per heavy atom. The lowest BCUT2D eigenvalue weighted by Gasteiger charge is -2.31. The number of benzene rings is 2. The Morgan fingerprint density at radius 3 is 2.39 bits per heavy atom. The number of rotatable bonds is 11. The van der Waals surface area contributed by atoms with E-state index in [2.05, 4.69) is 5.32 Å². The minimum atomic E-state index is -0.610. The van der Waals surface area contributed by atoms with Crippen molar-refractivity contribution in [3.63, 3.8) is 0 Å². The molecular weight excluding hydrogens is 416 g/mol. The molecule has 2 aromatic carbocycles. The summed E-state index contributed by atoms with van der Waals surface area (Å²) in [7, 11) is 1.59. The van der Waals surface area contributed by atoms with Crippen LogP contribution in [0.1, 0.15) is 39.2 Å². The van der Waals surface area contributed by atoms with Crippen molar-refractivity contribution < 1.29 is 19.1 Å². The third-order valence-electron chi connectivity index (χ3n) is 5.05. The fourth-order valence-electron chi connectivity index (χ4n) is 3.09. The molecule has 31 heavy (non-hydrogen) atoms. The normalized spacial score (nSPS) is 12.5. The predicted molar refractivity (Wildman–Crippen MR) is 122 cm³/mol. The molecule has 0 fully saturated rings. The van der Waals surface area contributed by atoms with E-state index in [1.54, 1.807) is 36.3 Å². The number of nitrogens with one attached hydrogen (secondary N) is 1. The smallest absolute Gasteiger partial charge is 0.261 e. The summed E-state index contributed by atoms with van der Waals surface area (Å²) in [6, 6.07) is 13.7. The fourth-order valence-corrected chi connectivity index (χ4v) is 3.21. The summed E-state index contributed by atoms with van der Waals surface area (Å²) in [5.41, 5.74) is 0.869. The molecule has 6 nitrogen and oxygen atoms in total. The van der Waals surface area contributed by atoms with Crippen LogP contribution in [0, 0.1) is 0 Å². The van der Waals surface area contributed by atoms with Crippen molar-refractivity contribution in [2.75, 3.05) is 13.7 Å². The first kappa shape index (κ1) is 24.5. The van der Waals surface area contributed by atoms with Crippen LogP contribution < -0.4 is 14.8 Å². The molecule has 0 unspecified atom stereocenters. The van der Waals surface area contributed by atoms with Crippen molar-refractivity contribution >= 4 is 23.4 Å². The van der Waals surface area contributed by atoms with E-state index in [4.69, 9.17) is 21.1 Å². The molecule has 1 N–H and O–H groups in total. The number of carbonyl (C=O) groups is 2. The van der Waals surface area contributed by atoms with Crippen LogP contribution >= 0.6 is 11.6 Å². The first-order valence-electron chi connectivity index (χ1n) is 10.5. The first-order valence-corrected chi connectivity index (χ1v) is 10.9. The van der Waals surface area contributed by atoms with Crippen LogP contribution in [0.25, 0.3) is 0 Å². The molecule has 0 saturated heterocycles. The van der Waals surface area contributed by atoms with Crippen LogP contribution in [-0.4, -0.2) is 42.5 Å². The van der Waals surface area contributed by atoms with E-state index in [0.29, 0.717) is 22.9 Å². The van der Waals surface area contributed by atoms with E-state index in [9.17, 15) is 9.59 Å². The number of hydrogen-bond donors (Lipinski definition) is 1. The molecule has 0 heterocycles. The zero-order valence-corrected chi connectivity index (χ0v) is 19.3. The first-order chi connectivity index (χ1) is 14.9. The van der Waals surface area contributed by atoms with Crippen molar-refractivity contribution in [2.24, 2.45) is 0 Å². The number of methoxy groups -OCH3 is 1. The van der Waals surface area contributed by atoms with Crippen LogP contribution in [0.15, 0.2) is 48.5 Å². The van der Waals surface area contributed by atoms with Gasteiger partial charge >= 0.3 is 0 Å². The maximum atomic E-state index is 13.2. The highest BCUT2D eigenvalue weighted by atomic mass is 35.5. The Balaban J connectivity index is 2.22. The number of carbonyl (C=O) groups excluding carboxylic acids is 2. The molecule has 0 aliphatic carbocycles. The van der Waals surface area contributed by atoms with Gasteiger partial charge in [-0.2, -0.15) is 0 Å². The molecular formula is C24H31ClN2O4. The zero-order chi connectivity index (χ0) is 22.8. The topological polar surface area (TPSA) is 67.9 Å². The van der Waals surface area contributed by atoms with E-state index >= 15 is 0 Å². The Kier molecular flexibility index (Phi) is 9.66. The lowest BCUT2D eigenvalue weighted by atomic mass is 10.1. The van der Waals surface area contributed by atoms with Crippen LogP contribution in [0.2, 0.25) is 5.02 Å². The van der Waals surface area contributed by atoms with Gasteiger partial charge in [0.2, 0.25) is 5.91 Å². The molecule has 0 aromatic heterocycles. The number of ether oxygens (including phenoxy) is 2. The van der Waals surface area contributed by atoms with Crippen LogP contribution in [0.3, 0.4) is 0 Å². The lowest BCUT2D eigenvalue weighted by molar-refractivity contribution is -0.143. The van der Waals surface area contributed by atoms with Crippen LogP contribution in [0.5, 0.6) is 11.5 Å². The summed E-state index contributed by atoms with van der Waals surface area (Å²) < 4.78 is 11.0. The third-order valence-corrected chi connectivity index (χ3v) is 5.30. The van der Waals surface area contributed by atoms with Crippen LogP contribution in [-0.2, 0) is 16.1 Å². The summed E-state index contributed by atoms with van der Waals surface area (Å²) in [6.45, 7) is 5.94. The highest BCUT2D eigenvalue weighted by molar-refractivity contribution is 6.30. The second-order valence-electron chi connectivity index (χ2n) is 7.36. The van der Waals surface area contributed by atoms with Gasteiger partial charge in [-0.3, -0.25) is 9.59 Å². The highest BCUT2D eigenvalue weighted by Crippen LogP contribution is 2.19. The summed E-state index contributed by atoms with van der Waals surface area (Å²) in [5, 5.41) is 3.58. The minimum Gasteiger partial charge on any atom is -0.497 e. The average molecular weight is 447 g/mol. The number of nitrogens with zero attached hydrogens (tertiary/aromatic N) is 1. The van der Waals surface area contributed by atoms with Gasteiger partial charge in [-0.1, -0.05) is 37.6 Å². The summed E-state index contributed by atoms with van der Waals surface area (Å²) in [4.78, 5) is 27.7. The molecule has 2 rings (SSSR count). The number of halogens is 1. The van der Waals surface area contributed by atoms with E-state index in [1.165, 1.54) is 0 Å². The van der Waals surface area contributed by atoms with Gasteiger partial charge in [0, 0.05) is 17.6 Å². The van der Waals surface area contributed by atoms with E-state index in [1.807, 2.05) is 45.0 Å². The molecule has 0 aliphatic heterocycles. The minimum absolute atomic E-state index is 0.0284. The summed E-state index contributed by atoms with van der Waals surface area (Å²) in [6.07, 6.45) is 1.30. The molecule has 0 radical (unpaired) electrons. The van der Waals surface area contributed by atoms with Gasteiger partial charge in [0.25, 0.3) is 5.91 Å². The molecule has 2 atom stereocenters. The largest absolute Gasteiger partial charge is 0.497 e. The van der Waals surface area contributed by atoms with Crippen molar-refractivity contribution in [3.8, 4) is 11.5 Å². The van der Waals surface area contributed by atoms with Gasteiger partial charge in [-0.15, -0.1) is 0 Å². The van der Waals surface area contributed by atoms with E-state index in [0.717, 1.165) is 12.0 Å². The molecule has 0 aliphatic rings. The fraction of sp³-hybridized carbons (Fsp3) is 0.417. The molecule has 2 amide bonds. The SMILES string of the molecule is CC[C@@H](C)NC(=O)[C@H](CC)N(Cc1cccc(OC)c1)C(=O)COc1ccc(Cl)cc1. The maximum Gasteiger partial charge on any atom is 0.261 e. The summed E-state index contributed by atoms with van der Waals surface area (Å²) in [5.74, 6) is 0.791. The lowest BCUT2D eigenvalue weighted by Crippen LogP contribution is -2.51. The molecule has 0 saturated carbocycles. The van der Waals surface area contributed by atoms with Gasteiger partial charge in [0.15, 0.2) is 6.61 Å². The van der Waals surface area contributed by atoms with Crippen molar-refractivity contribution in [3.05, 3.63) is 59.1 Å². The maximum absolute atomic E-state index is 13.2. The second kappa shape index (κ2) is 12.2. The van der Waals surface area contributed by atoms with E-state index in [-0.39, 0.29) is 31.0 Å². The van der Waals surface area contributed by atoms with Gasteiger partial charge < -0.3 is 19.7 Å². The number of hydrogen-bond acceptors (Lipinski definition) is 4. The molecule has 2 aromatic rings. The van der Waals surface area contributed by atoms with Gasteiger partial charge in [0.05, 0.1) is 7.11 Å². The Hall–Kier alpha value is -2.73. The average Bonchev–Trinajstić information content (AvgIpc) is 2.78. The Bertz CT molecular complexity index is 857. The van der Waals surface area contributed by atoms with Crippen molar-refractivity contribution in [1.82, 2.24) is 10.2 Å². The second-order valence-corrected chi connectivity index (χ2v) is 7.79. The van der Waals surface area contributed by atoms with Crippen LogP contribution in [0.4, 0.5) is 0 Å². The van der Waals surface area contributed by atoms with Gasteiger partial charge in [-0.25, -0.2) is 0 Å². The molecule has 7 heteroatoms. The predicted octanol–water partition coefficient (Wildman–Crippen LogP) is 4.45. The Morgan fingerprint density at radius 1 is 1.06 bits per heavy atom. The number of amides is 2. The molecule has 0 spiro atoms. The van der Waals surface area contributed by atoms with Gasteiger partial charge in [0.1, 0.15) is 17.5 Å².